The van der Waals surface area contributed by atoms with Gasteiger partial charge in [0.15, 0.2) is 0 Å². The smallest absolute Gasteiger partial charge is 0.0954 e. The zero-order valence-corrected chi connectivity index (χ0v) is 12.0. The third kappa shape index (κ3) is 2.69. The summed E-state index contributed by atoms with van der Waals surface area (Å²) in [4.78, 5) is 2.57. The largest absolute Gasteiger partial charge is 0.372 e. The Morgan fingerprint density at radius 1 is 1.37 bits per heavy atom. The summed E-state index contributed by atoms with van der Waals surface area (Å²) in [5, 5.41) is 3.48. The Balaban J connectivity index is 1.77. The molecule has 0 bridgehead atoms. The first kappa shape index (κ1) is 13.1. The van der Waals surface area contributed by atoms with Gasteiger partial charge in [-0.1, -0.05) is 24.3 Å². The van der Waals surface area contributed by atoms with Gasteiger partial charge < -0.3 is 10.1 Å². The minimum Gasteiger partial charge on any atom is -0.372 e. The Morgan fingerprint density at radius 3 is 3.05 bits per heavy atom. The molecule has 3 heteroatoms. The van der Waals surface area contributed by atoms with Crippen LogP contribution in [0, 0.1) is 0 Å². The Kier molecular flexibility index (Phi) is 3.61. The summed E-state index contributed by atoms with van der Waals surface area (Å²) in [6, 6.07) is 8.74. The lowest BCUT2D eigenvalue weighted by molar-refractivity contribution is -0.0166. The van der Waals surface area contributed by atoms with Crippen molar-refractivity contribution in [2.45, 2.75) is 31.9 Å². The van der Waals surface area contributed by atoms with Gasteiger partial charge in [0, 0.05) is 31.7 Å². The number of nitrogens with zero attached hydrogens (tertiary/aromatic N) is 1. The lowest BCUT2D eigenvalue weighted by atomic mass is 9.94. The molecule has 3 rings (SSSR count). The zero-order chi connectivity index (χ0) is 13.3. The summed E-state index contributed by atoms with van der Waals surface area (Å²) in [6.45, 7) is 9.73. The fourth-order valence-electron chi connectivity index (χ4n) is 3.19. The van der Waals surface area contributed by atoms with Crippen molar-refractivity contribution in [1.29, 1.82) is 0 Å². The van der Waals surface area contributed by atoms with Gasteiger partial charge in [0.25, 0.3) is 0 Å². The molecular formula is C16H24N2O. The summed E-state index contributed by atoms with van der Waals surface area (Å²) in [5.41, 5.74) is 3.07. The van der Waals surface area contributed by atoms with Crippen molar-refractivity contribution in [3.05, 3.63) is 35.4 Å². The first-order valence-electron chi connectivity index (χ1n) is 7.32. The minimum atomic E-state index is 0.216. The highest BCUT2D eigenvalue weighted by molar-refractivity contribution is 5.31. The van der Waals surface area contributed by atoms with Crippen LogP contribution in [0.4, 0.5) is 0 Å². The molecule has 0 amide bonds. The van der Waals surface area contributed by atoms with E-state index in [0.29, 0.717) is 0 Å². The normalized spacial score (nSPS) is 26.9. The summed E-state index contributed by atoms with van der Waals surface area (Å²) < 4.78 is 6.04. The van der Waals surface area contributed by atoms with Crippen molar-refractivity contribution in [2.75, 3.05) is 32.8 Å². The molecule has 1 atom stereocenters. The van der Waals surface area contributed by atoms with Crippen molar-refractivity contribution >= 4 is 0 Å². The van der Waals surface area contributed by atoms with Crippen LogP contribution in [0.15, 0.2) is 24.3 Å². The number of piperazine rings is 1. The SMILES string of the molecule is CC1(C)CNCCN1CC1OCCc2ccccc21. The summed E-state index contributed by atoms with van der Waals surface area (Å²) >= 11 is 0. The number of ether oxygens (including phenoxy) is 1. The van der Waals surface area contributed by atoms with Crippen LogP contribution in [-0.4, -0.2) is 43.2 Å². The highest BCUT2D eigenvalue weighted by Crippen LogP contribution is 2.29. The topological polar surface area (TPSA) is 24.5 Å². The first-order chi connectivity index (χ1) is 9.17. The number of hydrogen-bond acceptors (Lipinski definition) is 3. The van der Waals surface area contributed by atoms with Crippen molar-refractivity contribution in [3.8, 4) is 0 Å². The van der Waals surface area contributed by atoms with Crippen molar-refractivity contribution < 1.29 is 4.74 Å². The fourth-order valence-corrected chi connectivity index (χ4v) is 3.19. The van der Waals surface area contributed by atoms with Gasteiger partial charge in [0.2, 0.25) is 0 Å². The van der Waals surface area contributed by atoms with Gasteiger partial charge in [-0.2, -0.15) is 0 Å². The maximum Gasteiger partial charge on any atom is 0.0954 e. The second-order valence-corrected chi connectivity index (χ2v) is 6.24. The average Bonchev–Trinajstić information content (AvgIpc) is 2.41. The van der Waals surface area contributed by atoms with Crippen LogP contribution in [0.1, 0.15) is 31.1 Å². The molecular weight excluding hydrogens is 236 g/mol. The highest BCUT2D eigenvalue weighted by atomic mass is 16.5. The molecule has 1 fully saturated rings. The monoisotopic (exact) mass is 260 g/mol. The predicted octanol–water partition coefficient (Wildman–Crippen LogP) is 1.98. The van der Waals surface area contributed by atoms with Crippen LogP contribution in [0.3, 0.4) is 0 Å². The Hall–Kier alpha value is -0.900. The van der Waals surface area contributed by atoms with E-state index >= 15 is 0 Å². The number of rotatable bonds is 2. The molecule has 1 N–H and O–H groups in total. The number of hydrogen-bond donors (Lipinski definition) is 1. The zero-order valence-electron chi connectivity index (χ0n) is 12.0. The molecule has 1 aromatic carbocycles. The molecule has 3 nitrogen and oxygen atoms in total. The molecule has 104 valence electrons. The average molecular weight is 260 g/mol. The van der Waals surface area contributed by atoms with Gasteiger partial charge in [0.1, 0.15) is 0 Å². The summed E-state index contributed by atoms with van der Waals surface area (Å²) in [5.74, 6) is 0. The van der Waals surface area contributed by atoms with Crippen LogP contribution in [0.25, 0.3) is 0 Å². The Morgan fingerprint density at radius 2 is 2.21 bits per heavy atom. The second kappa shape index (κ2) is 5.23. The molecule has 2 aliphatic rings. The van der Waals surface area contributed by atoms with Crippen LogP contribution in [-0.2, 0) is 11.2 Å². The number of nitrogens with one attached hydrogen (secondary N) is 1. The third-order valence-corrected chi connectivity index (χ3v) is 4.45. The van der Waals surface area contributed by atoms with E-state index in [0.717, 1.165) is 39.2 Å². The molecule has 1 saturated heterocycles. The van der Waals surface area contributed by atoms with Gasteiger partial charge in [-0.15, -0.1) is 0 Å². The molecule has 1 aromatic rings. The summed E-state index contributed by atoms with van der Waals surface area (Å²) in [6.07, 6.45) is 1.29. The second-order valence-electron chi connectivity index (χ2n) is 6.24. The van der Waals surface area contributed by atoms with Gasteiger partial charge in [-0.05, 0) is 31.4 Å². The Bertz CT molecular complexity index is 444. The van der Waals surface area contributed by atoms with Crippen LogP contribution in [0.2, 0.25) is 0 Å². The fraction of sp³-hybridized carbons (Fsp3) is 0.625. The van der Waals surface area contributed by atoms with Gasteiger partial charge in [0.05, 0.1) is 12.7 Å². The van der Waals surface area contributed by atoms with E-state index in [-0.39, 0.29) is 11.6 Å². The van der Waals surface area contributed by atoms with E-state index in [1.165, 1.54) is 11.1 Å². The van der Waals surface area contributed by atoms with Crippen LogP contribution >= 0.6 is 0 Å². The quantitative estimate of drug-likeness (QED) is 0.880. The Labute approximate surface area is 115 Å². The molecule has 0 aromatic heterocycles. The van der Waals surface area contributed by atoms with Crippen LogP contribution in [0.5, 0.6) is 0 Å². The van der Waals surface area contributed by atoms with Gasteiger partial charge in [-0.25, -0.2) is 0 Å². The van der Waals surface area contributed by atoms with E-state index in [4.69, 9.17) is 4.74 Å². The van der Waals surface area contributed by atoms with Crippen LogP contribution < -0.4 is 5.32 Å². The lowest BCUT2D eigenvalue weighted by Gasteiger charge is -2.44. The molecule has 0 spiro atoms. The highest BCUT2D eigenvalue weighted by Gasteiger charge is 2.33. The molecule has 19 heavy (non-hydrogen) atoms. The first-order valence-corrected chi connectivity index (χ1v) is 7.32. The van der Waals surface area contributed by atoms with Gasteiger partial charge in [-0.3, -0.25) is 4.90 Å². The molecule has 1 unspecified atom stereocenters. The maximum atomic E-state index is 6.04. The van der Waals surface area contributed by atoms with E-state index in [1.807, 2.05) is 0 Å². The summed E-state index contributed by atoms with van der Waals surface area (Å²) in [7, 11) is 0. The predicted molar refractivity (Wildman–Crippen MR) is 77.4 cm³/mol. The molecule has 0 radical (unpaired) electrons. The maximum absolute atomic E-state index is 6.04. The molecule has 2 aliphatic heterocycles. The lowest BCUT2D eigenvalue weighted by Crippen LogP contribution is -2.58. The standard InChI is InChI=1S/C16H24N2O/c1-16(2)12-17-8-9-18(16)11-15-14-6-4-3-5-13(14)7-10-19-15/h3-6,15,17H,7-12H2,1-2H3. The van der Waals surface area contributed by atoms with E-state index in [9.17, 15) is 0 Å². The van der Waals surface area contributed by atoms with Gasteiger partial charge >= 0.3 is 0 Å². The number of fused-ring (bicyclic) bond motifs is 1. The van der Waals surface area contributed by atoms with Crippen molar-refractivity contribution in [1.82, 2.24) is 10.2 Å². The molecule has 0 saturated carbocycles. The van der Waals surface area contributed by atoms with E-state index < -0.39 is 0 Å². The molecule has 2 heterocycles. The van der Waals surface area contributed by atoms with Crippen molar-refractivity contribution in [3.63, 3.8) is 0 Å². The van der Waals surface area contributed by atoms with Crippen molar-refractivity contribution in [2.24, 2.45) is 0 Å². The minimum absolute atomic E-state index is 0.216. The van der Waals surface area contributed by atoms with E-state index in [1.54, 1.807) is 0 Å². The number of benzene rings is 1. The molecule has 0 aliphatic carbocycles. The van der Waals surface area contributed by atoms with E-state index in [2.05, 4.69) is 48.3 Å². The third-order valence-electron chi connectivity index (χ3n) is 4.45.